The van der Waals surface area contributed by atoms with Crippen molar-refractivity contribution in [2.24, 2.45) is 0 Å². The molecule has 3 aromatic rings. The Hall–Kier alpha value is -3.23. The number of ether oxygens (including phenoxy) is 1. The number of amides is 1. The predicted octanol–water partition coefficient (Wildman–Crippen LogP) is 3.47. The summed E-state index contributed by atoms with van der Waals surface area (Å²) in [4.78, 5) is 24.4. The lowest BCUT2D eigenvalue weighted by Crippen LogP contribution is -2.24. The number of hydrogen-bond acceptors (Lipinski definition) is 5. The van der Waals surface area contributed by atoms with Crippen molar-refractivity contribution in [2.45, 2.75) is 26.8 Å². The summed E-state index contributed by atoms with van der Waals surface area (Å²) in [5.41, 5.74) is 1.70. The molecule has 27 heavy (non-hydrogen) atoms. The molecule has 0 bridgehead atoms. The Balaban J connectivity index is 1.95. The number of fused-ring (bicyclic) bond motifs is 1. The van der Waals surface area contributed by atoms with Crippen LogP contribution in [0.15, 0.2) is 36.8 Å². The second kappa shape index (κ2) is 7.18. The van der Waals surface area contributed by atoms with Crippen LogP contribution < -0.4 is 10.1 Å². The first-order chi connectivity index (χ1) is 12.7. The molecular formula is C18H15F3N4O2. The smallest absolute Gasteiger partial charge is 0.403 e. The molecule has 0 atom stereocenters. The minimum Gasteiger partial charge on any atom is -0.403 e. The van der Waals surface area contributed by atoms with E-state index in [4.69, 9.17) is 0 Å². The number of aryl methyl sites for hydroxylation is 2. The summed E-state index contributed by atoms with van der Waals surface area (Å²) in [5.74, 6) is -0.978. The van der Waals surface area contributed by atoms with Crippen molar-refractivity contribution < 1.29 is 22.7 Å². The van der Waals surface area contributed by atoms with Gasteiger partial charge in [0.15, 0.2) is 5.75 Å². The lowest BCUT2D eigenvalue weighted by molar-refractivity contribution is -0.274. The highest BCUT2D eigenvalue weighted by atomic mass is 19.4. The summed E-state index contributed by atoms with van der Waals surface area (Å²) in [5, 5.41) is 3.11. The van der Waals surface area contributed by atoms with E-state index in [2.05, 4.69) is 25.0 Å². The molecule has 6 nitrogen and oxygen atoms in total. The third-order valence-electron chi connectivity index (χ3n) is 3.73. The topological polar surface area (TPSA) is 77.0 Å². The lowest BCUT2D eigenvalue weighted by atomic mass is 10.1. The quantitative estimate of drug-likeness (QED) is 0.755. The highest BCUT2D eigenvalue weighted by Gasteiger charge is 2.32. The normalized spacial score (nSPS) is 11.4. The number of carbonyl (C=O) groups is 1. The first-order valence-electron chi connectivity index (χ1n) is 7.94. The number of benzene rings is 1. The molecule has 0 radical (unpaired) electrons. The molecule has 2 heterocycles. The van der Waals surface area contributed by atoms with E-state index >= 15 is 0 Å². The van der Waals surface area contributed by atoms with Crippen molar-refractivity contribution in [3.05, 3.63) is 59.3 Å². The summed E-state index contributed by atoms with van der Waals surface area (Å²) < 4.78 is 42.3. The van der Waals surface area contributed by atoms with E-state index in [9.17, 15) is 18.0 Å². The van der Waals surface area contributed by atoms with Crippen LogP contribution in [0.25, 0.3) is 10.9 Å². The number of carbonyl (C=O) groups excluding carboxylic acids is 1. The predicted molar refractivity (Wildman–Crippen MR) is 91.1 cm³/mol. The number of nitrogens with one attached hydrogen (secondary N) is 1. The summed E-state index contributed by atoms with van der Waals surface area (Å²) >= 11 is 0. The number of nitrogens with zero attached hydrogens (tertiary/aromatic N) is 3. The summed E-state index contributed by atoms with van der Waals surface area (Å²) in [6.45, 7) is 3.47. The zero-order valence-electron chi connectivity index (χ0n) is 14.5. The van der Waals surface area contributed by atoms with Gasteiger partial charge in [0.1, 0.15) is 11.2 Å². The molecule has 1 amide bonds. The van der Waals surface area contributed by atoms with Gasteiger partial charge in [-0.15, -0.1) is 13.2 Å². The third kappa shape index (κ3) is 4.49. The molecule has 0 spiro atoms. The number of alkyl halides is 3. The first kappa shape index (κ1) is 18.6. The molecular weight excluding hydrogens is 361 g/mol. The zero-order chi connectivity index (χ0) is 19.6. The van der Waals surface area contributed by atoms with Crippen LogP contribution in [0.4, 0.5) is 13.2 Å². The Morgan fingerprint density at radius 2 is 1.96 bits per heavy atom. The number of rotatable bonds is 4. The SMILES string of the molecule is Cc1cc(OC(F)(F)F)c2nc(C(=O)NCc3cnccn3)cc(C)c2c1. The highest BCUT2D eigenvalue weighted by Crippen LogP contribution is 2.32. The minimum absolute atomic E-state index is 0.0141. The maximum Gasteiger partial charge on any atom is 0.573 e. The molecule has 0 aliphatic rings. The van der Waals surface area contributed by atoms with Gasteiger partial charge < -0.3 is 10.1 Å². The van der Waals surface area contributed by atoms with Crippen LogP contribution in [0.2, 0.25) is 0 Å². The van der Waals surface area contributed by atoms with E-state index in [1.54, 1.807) is 19.9 Å². The monoisotopic (exact) mass is 376 g/mol. The molecule has 2 aromatic heterocycles. The van der Waals surface area contributed by atoms with Gasteiger partial charge in [0.25, 0.3) is 5.91 Å². The van der Waals surface area contributed by atoms with Gasteiger partial charge in [-0.2, -0.15) is 0 Å². The fourth-order valence-corrected chi connectivity index (χ4v) is 2.60. The standard InChI is InChI=1S/C18H15F3N4O2/c1-10-5-13-11(2)7-14(17(26)24-9-12-8-22-3-4-23-12)25-16(13)15(6-10)27-18(19,20)21/h3-8H,9H2,1-2H3,(H,24,26). The van der Waals surface area contributed by atoms with Gasteiger partial charge in [0.2, 0.25) is 0 Å². The van der Waals surface area contributed by atoms with Crippen LogP contribution >= 0.6 is 0 Å². The van der Waals surface area contributed by atoms with Gasteiger partial charge in [-0.1, -0.05) is 0 Å². The summed E-state index contributed by atoms with van der Waals surface area (Å²) in [7, 11) is 0. The Morgan fingerprint density at radius 1 is 1.19 bits per heavy atom. The van der Waals surface area contributed by atoms with Crippen molar-refractivity contribution in [3.8, 4) is 5.75 Å². The van der Waals surface area contributed by atoms with Gasteiger partial charge in [-0.05, 0) is 43.2 Å². The van der Waals surface area contributed by atoms with Gasteiger partial charge >= 0.3 is 6.36 Å². The molecule has 0 aliphatic heterocycles. The van der Waals surface area contributed by atoms with Gasteiger partial charge in [0.05, 0.1) is 18.4 Å². The van der Waals surface area contributed by atoms with Crippen LogP contribution in [0, 0.1) is 13.8 Å². The lowest BCUT2D eigenvalue weighted by Gasteiger charge is -2.14. The summed E-state index contributed by atoms with van der Waals surface area (Å²) in [6.07, 6.45) is -0.370. The number of aromatic nitrogens is 3. The molecule has 9 heteroatoms. The number of pyridine rings is 1. The van der Waals surface area contributed by atoms with Crippen molar-refractivity contribution >= 4 is 16.8 Å². The maximum absolute atomic E-state index is 12.7. The molecule has 0 saturated carbocycles. The van der Waals surface area contributed by atoms with E-state index < -0.39 is 18.0 Å². The van der Waals surface area contributed by atoms with Gasteiger partial charge in [-0.25, -0.2) is 4.98 Å². The Morgan fingerprint density at radius 3 is 2.63 bits per heavy atom. The molecule has 0 fully saturated rings. The molecule has 0 unspecified atom stereocenters. The second-order valence-electron chi connectivity index (χ2n) is 5.91. The third-order valence-corrected chi connectivity index (χ3v) is 3.73. The Bertz CT molecular complexity index is 991. The number of halogens is 3. The van der Waals surface area contributed by atoms with E-state index in [1.807, 2.05) is 0 Å². The van der Waals surface area contributed by atoms with Crippen LogP contribution in [-0.2, 0) is 6.54 Å². The van der Waals surface area contributed by atoms with Crippen molar-refractivity contribution in [1.29, 1.82) is 0 Å². The average Bonchev–Trinajstić information content (AvgIpc) is 2.60. The molecule has 3 rings (SSSR count). The van der Waals surface area contributed by atoms with Crippen LogP contribution in [0.3, 0.4) is 0 Å². The Kier molecular flexibility index (Phi) is 4.93. The second-order valence-corrected chi connectivity index (χ2v) is 5.91. The van der Waals surface area contributed by atoms with E-state index in [1.165, 1.54) is 30.7 Å². The molecule has 140 valence electrons. The fraction of sp³-hybridized carbons (Fsp3) is 0.222. The van der Waals surface area contributed by atoms with Crippen molar-refractivity contribution in [1.82, 2.24) is 20.3 Å². The molecule has 1 aromatic carbocycles. The highest BCUT2D eigenvalue weighted by molar-refractivity contribution is 5.97. The average molecular weight is 376 g/mol. The Labute approximate surface area is 152 Å². The first-order valence-corrected chi connectivity index (χ1v) is 7.94. The molecule has 0 aliphatic carbocycles. The maximum atomic E-state index is 12.7. The van der Waals surface area contributed by atoms with Crippen LogP contribution in [0.5, 0.6) is 5.75 Å². The minimum atomic E-state index is -4.86. The van der Waals surface area contributed by atoms with Crippen LogP contribution in [-0.4, -0.2) is 27.2 Å². The molecule has 1 N–H and O–H groups in total. The van der Waals surface area contributed by atoms with Crippen molar-refractivity contribution in [3.63, 3.8) is 0 Å². The van der Waals surface area contributed by atoms with E-state index in [-0.39, 0.29) is 17.8 Å². The summed E-state index contributed by atoms with van der Waals surface area (Å²) in [6, 6.07) is 4.46. The van der Waals surface area contributed by atoms with E-state index in [0.717, 1.165) is 0 Å². The largest absolute Gasteiger partial charge is 0.573 e. The van der Waals surface area contributed by atoms with Gasteiger partial charge in [-0.3, -0.25) is 14.8 Å². The zero-order valence-corrected chi connectivity index (χ0v) is 14.5. The van der Waals surface area contributed by atoms with E-state index in [0.29, 0.717) is 22.2 Å². The van der Waals surface area contributed by atoms with Crippen LogP contribution in [0.1, 0.15) is 27.3 Å². The fourth-order valence-electron chi connectivity index (χ4n) is 2.60. The van der Waals surface area contributed by atoms with Crippen molar-refractivity contribution in [2.75, 3.05) is 0 Å². The molecule has 0 saturated heterocycles. The van der Waals surface area contributed by atoms with Gasteiger partial charge in [0, 0.05) is 17.8 Å². The number of hydrogen-bond donors (Lipinski definition) is 1.